The molecule has 5 heteroatoms. The quantitative estimate of drug-likeness (QED) is 0.699. The van der Waals surface area contributed by atoms with E-state index in [0.717, 1.165) is 22.1 Å². The molecule has 1 heterocycles. The lowest BCUT2D eigenvalue weighted by atomic mass is 10.0. The molecule has 1 N–H and O–H groups in total. The lowest BCUT2D eigenvalue weighted by Crippen LogP contribution is -2.25. The van der Waals surface area contributed by atoms with Crippen molar-refractivity contribution in [2.24, 2.45) is 0 Å². The molecule has 0 unspecified atom stereocenters. The largest absolute Gasteiger partial charge is 0.493 e. The summed E-state index contributed by atoms with van der Waals surface area (Å²) in [5.74, 6) is 0.615. The standard InChI is InChI=1S/C17H16N2O2S/c1-3-21-15-9-8-11-6-4-5-7-12(11)13(15)10-14-16(20)19(2)17(22)18-14/h4-10H,3H2,1-2H3,(H,18,22). The highest BCUT2D eigenvalue weighted by Gasteiger charge is 2.27. The summed E-state index contributed by atoms with van der Waals surface area (Å²) >= 11 is 5.11. The monoisotopic (exact) mass is 312 g/mol. The fourth-order valence-electron chi connectivity index (χ4n) is 2.47. The Hall–Kier alpha value is -2.40. The van der Waals surface area contributed by atoms with E-state index in [2.05, 4.69) is 5.32 Å². The van der Waals surface area contributed by atoms with Crippen molar-refractivity contribution in [2.75, 3.05) is 13.7 Å². The number of rotatable bonds is 3. The Morgan fingerprint density at radius 3 is 2.73 bits per heavy atom. The molecule has 0 aromatic heterocycles. The van der Waals surface area contributed by atoms with E-state index in [-0.39, 0.29) is 5.91 Å². The molecule has 22 heavy (non-hydrogen) atoms. The molecule has 0 saturated carbocycles. The molecule has 0 radical (unpaired) electrons. The number of hydrogen-bond donors (Lipinski definition) is 1. The first-order valence-electron chi connectivity index (χ1n) is 7.07. The number of fused-ring (bicyclic) bond motifs is 1. The van der Waals surface area contributed by atoms with Gasteiger partial charge in [0.25, 0.3) is 5.91 Å². The predicted octanol–water partition coefficient (Wildman–Crippen LogP) is 2.93. The van der Waals surface area contributed by atoms with Crippen molar-refractivity contribution in [3.63, 3.8) is 0 Å². The molecule has 2 aromatic carbocycles. The Kier molecular flexibility index (Phi) is 3.81. The van der Waals surface area contributed by atoms with Gasteiger partial charge < -0.3 is 10.1 Å². The van der Waals surface area contributed by atoms with Gasteiger partial charge in [-0.15, -0.1) is 0 Å². The van der Waals surface area contributed by atoms with Crippen LogP contribution in [0.1, 0.15) is 12.5 Å². The Morgan fingerprint density at radius 2 is 2.05 bits per heavy atom. The summed E-state index contributed by atoms with van der Waals surface area (Å²) in [5.41, 5.74) is 1.35. The average molecular weight is 312 g/mol. The van der Waals surface area contributed by atoms with Crippen LogP contribution >= 0.6 is 12.2 Å². The van der Waals surface area contributed by atoms with Crippen LogP contribution in [0.3, 0.4) is 0 Å². The number of ether oxygens (including phenoxy) is 1. The Balaban J connectivity index is 2.18. The highest BCUT2D eigenvalue weighted by atomic mass is 32.1. The second-order valence-corrected chi connectivity index (χ2v) is 5.37. The first kappa shape index (κ1) is 14.5. The molecular formula is C17H16N2O2S. The summed E-state index contributed by atoms with van der Waals surface area (Å²) in [5, 5.41) is 5.50. The minimum Gasteiger partial charge on any atom is -0.493 e. The number of nitrogens with one attached hydrogen (secondary N) is 1. The SMILES string of the molecule is CCOc1ccc2ccccc2c1C=C1NC(=S)N(C)C1=O. The van der Waals surface area contributed by atoms with Gasteiger partial charge in [0.1, 0.15) is 11.4 Å². The van der Waals surface area contributed by atoms with Gasteiger partial charge >= 0.3 is 0 Å². The highest BCUT2D eigenvalue weighted by molar-refractivity contribution is 7.80. The number of hydrogen-bond acceptors (Lipinski definition) is 3. The van der Waals surface area contributed by atoms with E-state index in [1.54, 1.807) is 7.05 Å². The van der Waals surface area contributed by atoms with Crippen LogP contribution in [0.2, 0.25) is 0 Å². The second kappa shape index (κ2) is 5.77. The summed E-state index contributed by atoms with van der Waals surface area (Å²) in [7, 11) is 1.66. The summed E-state index contributed by atoms with van der Waals surface area (Å²) in [6.07, 6.45) is 1.81. The van der Waals surface area contributed by atoms with Crippen LogP contribution in [-0.2, 0) is 4.79 Å². The molecule has 1 fully saturated rings. The van der Waals surface area contributed by atoms with Crippen LogP contribution in [0.15, 0.2) is 42.1 Å². The van der Waals surface area contributed by atoms with Crippen LogP contribution < -0.4 is 10.1 Å². The zero-order chi connectivity index (χ0) is 15.7. The molecule has 1 amide bonds. The Morgan fingerprint density at radius 1 is 1.27 bits per heavy atom. The van der Waals surface area contributed by atoms with Gasteiger partial charge in [-0.3, -0.25) is 9.69 Å². The van der Waals surface area contributed by atoms with Gasteiger partial charge in [0.15, 0.2) is 5.11 Å². The van der Waals surface area contributed by atoms with E-state index < -0.39 is 0 Å². The topological polar surface area (TPSA) is 41.6 Å². The van der Waals surface area contributed by atoms with E-state index >= 15 is 0 Å². The van der Waals surface area contributed by atoms with Crippen molar-refractivity contribution >= 4 is 40.1 Å². The van der Waals surface area contributed by atoms with E-state index in [1.165, 1.54) is 4.90 Å². The minimum atomic E-state index is -0.139. The highest BCUT2D eigenvalue weighted by Crippen LogP contribution is 2.30. The van der Waals surface area contributed by atoms with Crippen LogP contribution in [0.25, 0.3) is 16.8 Å². The van der Waals surface area contributed by atoms with E-state index in [0.29, 0.717) is 17.4 Å². The van der Waals surface area contributed by atoms with Crippen LogP contribution in [-0.4, -0.2) is 29.6 Å². The van der Waals surface area contributed by atoms with Crippen molar-refractivity contribution in [3.8, 4) is 5.75 Å². The zero-order valence-electron chi connectivity index (χ0n) is 12.4. The normalized spacial score (nSPS) is 16.5. The van der Waals surface area contributed by atoms with Gasteiger partial charge in [-0.1, -0.05) is 30.3 Å². The van der Waals surface area contributed by atoms with Gasteiger partial charge in [0.05, 0.1) is 6.61 Å². The van der Waals surface area contributed by atoms with E-state index in [9.17, 15) is 4.79 Å². The van der Waals surface area contributed by atoms with Gasteiger partial charge in [0.2, 0.25) is 0 Å². The molecule has 112 valence electrons. The first-order chi connectivity index (χ1) is 10.6. The van der Waals surface area contributed by atoms with Gasteiger partial charge in [-0.25, -0.2) is 0 Å². The van der Waals surface area contributed by atoms with Crippen molar-refractivity contribution < 1.29 is 9.53 Å². The maximum absolute atomic E-state index is 12.2. The van der Waals surface area contributed by atoms with Gasteiger partial charge in [-0.05, 0) is 42.1 Å². The lowest BCUT2D eigenvalue weighted by Gasteiger charge is -2.11. The summed E-state index contributed by atoms with van der Waals surface area (Å²) in [6, 6.07) is 12.0. The number of benzene rings is 2. The third-order valence-corrected chi connectivity index (χ3v) is 3.98. The Labute approximate surface area is 134 Å². The summed E-state index contributed by atoms with van der Waals surface area (Å²) in [4.78, 5) is 13.6. The molecule has 1 aliphatic heterocycles. The third-order valence-electron chi connectivity index (χ3n) is 3.60. The number of thiocarbonyl (C=S) groups is 1. The molecule has 0 aliphatic carbocycles. The smallest absolute Gasteiger partial charge is 0.276 e. The number of carbonyl (C=O) groups excluding carboxylic acids is 1. The molecule has 1 aliphatic rings. The van der Waals surface area contributed by atoms with E-state index in [4.69, 9.17) is 17.0 Å². The molecule has 0 bridgehead atoms. The van der Waals surface area contributed by atoms with Crippen LogP contribution in [0.5, 0.6) is 5.75 Å². The van der Waals surface area contributed by atoms with Crippen LogP contribution in [0.4, 0.5) is 0 Å². The molecule has 0 atom stereocenters. The first-order valence-corrected chi connectivity index (χ1v) is 7.48. The maximum Gasteiger partial charge on any atom is 0.276 e. The number of likely N-dealkylation sites (N-methyl/N-ethyl adjacent to an activating group) is 1. The molecule has 1 saturated heterocycles. The van der Waals surface area contributed by atoms with Crippen molar-refractivity contribution in [1.29, 1.82) is 0 Å². The number of carbonyl (C=O) groups is 1. The molecular weight excluding hydrogens is 296 g/mol. The Bertz CT molecular complexity index is 798. The number of nitrogens with zero attached hydrogens (tertiary/aromatic N) is 1. The number of amides is 1. The molecule has 0 spiro atoms. The maximum atomic E-state index is 12.2. The predicted molar refractivity (Wildman–Crippen MR) is 91.6 cm³/mol. The summed E-state index contributed by atoms with van der Waals surface area (Å²) in [6.45, 7) is 2.50. The third kappa shape index (κ3) is 2.44. The van der Waals surface area contributed by atoms with Crippen LogP contribution in [0, 0.1) is 0 Å². The zero-order valence-corrected chi connectivity index (χ0v) is 13.2. The fourth-order valence-corrected chi connectivity index (χ4v) is 2.67. The van der Waals surface area contributed by atoms with Crippen molar-refractivity contribution in [1.82, 2.24) is 10.2 Å². The minimum absolute atomic E-state index is 0.139. The van der Waals surface area contributed by atoms with E-state index in [1.807, 2.05) is 49.4 Å². The molecule has 3 rings (SSSR count). The van der Waals surface area contributed by atoms with Gasteiger partial charge in [-0.2, -0.15) is 0 Å². The van der Waals surface area contributed by atoms with Crippen molar-refractivity contribution in [2.45, 2.75) is 6.92 Å². The molecule has 2 aromatic rings. The fraction of sp³-hybridized carbons (Fsp3) is 0.176. The van der Waals surface area contributed by atoms with Gasteiger partial charge in [0, 0.05) is 12.6 Å². The summed E-state index contributed by atoms with van der Waals surface area (Å²) < 4.78 is 5.71. The average Bonchev–Trinajstić information content (AvgIpc) is 2.77. The second-order valence-electron chi connectivity index (χ2n) is 4.98. The lowest BCUT2D eigenvalue weighted by molar-refractivity contribution is -0.121. The molecule has 4 nitrogen and oxygen atoms in total. The van der Waals surface area contributed by atoms with Crippen molar-refractivity contribution in [3.05, 3.63) is 47.7 Å².